The minimum Gasteiger partial charge on any atom is -0.444 e. The molecule has 0 spiro atoms. The van der Waals surface area contributed by atoms with Crippen LogP contribution in [0.2, 0.25) is 5.02 Å². The zero-order chi connectivity index (χ0) is 21.8. The minimum absolute atomic E-state index is 0.0488. The number of esters is 1. The highest BCUT2D eigenvalue weighted by molar-refractivity contribution is 6.33. The van der Waals surface area contributed by atoms with E-state index in [1.807, 2.05) is 13.8 Å². The number of fused-ring (bicyclic) bond motifs is 1. The molecule has 0 radical (unpaired) electrons. The fourth-order valence-electron chi connectivity index (χ4n) is 2.77. The lowest BCUT2D eigenvalue weighted by molar-refractivity contribution is -0.137. The number of benzene rings is 1. The average molecular weight is 424 g/mol. The van der Waals surface area contributed by atoms with E-state index in [1.54, 1.807) is 26.8 Å². The van der Waals surface area contributed by atoms with Crippen LogP contribution < -0.4 is 15.7 Å². The van der Waals surface area contributed by atoms with E-state index < -0.39 is 29.3 Å². The van der Waals surface area contributed by atoms with Gasteiger partial charge in [-0.05, 0) is 45.2 Å². The van der Waals surface area contributed by atoms with Crippen molar-refractivity contribution in [2.24, 2.45) is 0 Å². The van der Waals surface area contributed by atoms with Gasteiger partial charge in [0.05, 0.1) is 5.02 Å². The number of alkyl carbamates (subject to hydrolysis) is 1. The summed E-state index contributed by atoms with van der Waals surface area (Å²) in [6, 6.07) is 3.51. The Labute approximate surface area is 174 Å². The lowest BCUT2D eigenvalue weighted by Gasteiger charge is -2.22. The summed E-state index contributed by atoms with van der Waals surface area (Å²) >= 11 is 6.28. The largest absolute Gasteiger partial charge is 0.444 e. The van der Waals surface area contributed by atoms with Crippen molar-refractivity contribution >= 4 is 34.6 Å². The first-order valence-electron chi connectivity index (χ1n) is 9.51. The van der Waals surface area contributed by atoms with Gasteiger partial charge in [-0.15, -0.1) is 0 Å². The highest BCUT2D eigenvalue weighted by atomic mass is 35.5. The van der Waals surface area contributed by atoms with Gasteiger partial charge in [-0.1, -0.05) is 31.9 Å². The molecule has 1 heterocycles. The second-order valence-corrected chi connectivity index (χ2v) is 8.04. The molecule has 8 heteroatoms. The monoisotopic (exact) mass is 423 g/mol. The van der Waals surface area contributed by atoms with Gasteiger partial charge in [0, 0.05) is 17.5 Å². The van der Waals surface area contributed by atoms with E-state index >= 15 is 0 Å². The third-order valence-electron chi connectivity index (χ3n) is 4.03. The van der Waals surface area contributed by atoms with Crippen molar-refractivity contribution in [1.82, 2.24) is 5.32 Å². The lowest BCUT2D eigenvalue weighted by Crippen LogP contribution is -2.45. The Morgan fingerprint density at radius 3 is 2.48 bits per heavy atom. The molecular formula is C21H26ClNO6. The molecule has 0 saturated carbocycles. The van der Waals surface area contributed by atoms with E-state index in [1.165, 1.54) is 12.1 Å². The molecular weight excluding hydrogens is 398 g/mol. The molecule has 7 nitrogen and oxygen atoms in total. The standard InChI is InChI=1S/C21H26ClNO6/c1-6-8-15(23-20(26)29-21(3,4)5)19(25)28-17-11-16-13(10-14(17)22)12(7-2)9-18(24)27-16/h9-11,15H,6-8H2,1-5H3,(H,23,26)/t15-/m1/s1. The maximum absolute atomic E-state index is 12.6. The van der Waals surface area contributed by atoms with Crippen LogP contribution in [0.15, 0.2) is 27.4 Å². The van der Waals surface area contributed by atoms with Crippen LogP contribution in [0.25, 0.3) is 11.0 Å². The number of hydrogen-bond acceptors (Lipinski definition) is 6. The Morgan fingerprint density at radius 1 is 1.21 bits per heavy atom. The van der Waals surface area contributed by atoms with Crippen molar-refractivity contribution in [3.8, 4) is 5.75 Å². The molecule has 2 aromatic rings. The van der Waals surface area contributed by atoms with Crippen molar-refractivity contribution in [3.63, 3.8) is 0 Å². The van der Waals surface area contributed by atoms with Crippen LogP contribution in [-0.2, 0) is 16.0 Å². The maximum atomic E-state index is 12.6. The zero-order valence-corrected chi connectivity index (χ0v) is 18.0. The number of hydrogen-bond donors (Lipinski definition) is 1. The van der Waals surface area contributed by atoms with Crippen molar-refractivity contribution in [1.29, 1.82) is 0 Å². The summed E-state index contributed by atoms with van der Waals surface area (Å²) in [5.74, 6) is -0.638. The van der Waals surface area contributed by atoms with Gasteiger partial charge in [-0.25, -0.2) is 14.4 Å². The molecule has 158 valence electrons. The van der Waals surface area contributed by atoms with Gasteiger partial charge < -0.3 is 19.2 Å². The first-order chi connectivity index (χ1) is 13.5. The Kier molecular flexibility index (Phi) is 7.30. The quantitative estimate of drug-likeness (QED) is 0.414. The van der Waals surface area contributed by atoms with Gasteiger partial charge in [0.1, 0.15) is 17.2 Å². The van der Waals surface area contributed by atoms with Crippen molar-refractivity contribution < 1.29 is 23.5 Å². The lowest BCUT2D eigenvalue weighted by atomic mass is 10.1. The van der Waals surface area contributed by atoms with Crippen molar-refractivity contribution in [2.45, 2.75) is 65.5 Å². The van der Waals surface area contributed by atoms with Gasteiger partial charge >= 0.3 is 17.7 Å². The van der Waals surface area contributed by atoms with Crippen LogP contribution >= 0.6 is 11.6 Å². The molecule has 0 bridgehead atoms. The molecule has 0 aliphatic carbocycles. The zero-order valence-electron chi connectivity index (χ0n) is 17.3. The van der Waals surface area contributed by atoms with Crippen LogP contribution in [0.1, 0.15) is 53.0 Å². The summed E-state index contributed by atoms with van der Waals surface area (Å²) in [5, 5.41) is 3.40. The number of halogens is 1. The highest BCUT2D eigenvalue weighted by Crippen LogP contribution is 2.31. The van der Waals surface area contributed by atoms with Crippen LogP contribution in [0.4, 0.5) is 4.79 Å². The van der Waals surface area contributed by atoms with Crippen molar-refractivity contribution in [3.05, 3.63) is 39.2 Å². The number of carbonyl (C=O) groups excluding carboxylic acids is 2. The maximum Gasteiger partial charge on any atom is 0.408 e. The molecule has 0 aliphatic rings. The summed E-state index contributed by atoms with van der Waals surface area (Å²) < 4.78 is 15.8. The summed E-state index contributed by atoms with van der Waals surface area (Å²) in [4.78, 5) is 36.4. The van der Waals surface area contributed by atoms with Gasteiger partial charge in [-0.3, -0.25) is 0 Å². The van der Waals surface area contributed by atoms with Crippen LogP contribution in [-0.4, -0.2) is 23.7 Å². The Morgan fingerprint density at radius 2 is 1.90 bits per heavy atom. The Hall–Kier alpha value is -2.54. The van der Waals surface area contributed by atoms with Crippen molar-refractivity contribution in [2.75, 3.05) is 0 Å². The predicted octanol–water partition coefficient (Wildman–Crippen LogP) is 4.61. The fraction of sp³-hybridized carbons (Fsp3) is 0.476. The summed E-state index contributed by atoms with van der Waals surface area (Å²) in [5.41, 5.74) is -0.134. The van der Waals surface area contributed by atoms with Crippen LogP contribution in [0.5, 0.6) is 5.75 Å². The summed E-state index contributed by atoms with van der Waals surface area (Å²) in [6.07, 6.45) is 0.903. The Balaban J connectivity index is 2.26. The van der Waals surface area contributed by atoms with E-state index in [0.717, 1.165) is 5.56 Å². The summed E-state index contributed by atoms with van der Waals surface area (Å²) in [7, 11) is 0. The van der Waals surface area contributed by atoms with E-state index in [2.05, 4.69) is 5.32 Å². The average Bonchev–Trinajstić information content (AvgIpc) is 2.60. The number of aryl methyl sites for hydroxylation is 1. The van der Waals surface area contributed by atoms with E-state index in [9.17, 15) is 14.4 Å². The van der Waals surface area contributed by atoms with Gasteiger partial charge in [0.15, 0.2) is 5.75 Å². The highest BCUT2D eigenvalue weighted by Gasteiger charge is 2.26. The van der Waals surface area contributed by atoms with Gasteiger partial charge in [-0.2, -0.15) is 0 Å². The molecule has 29 heavy (non-hydrogen) atoms. The smallest absolute Gasteiger partial charge is 0.408 e. The van der Waals surface area contributed by atoms with Crippen LogP contribution in [0, 0.1) is 0 Å². The third kappa shape index (κ3) is 6.22. The number of rotatable bonds is 6. The molecule has 1 aromatic carbocycles. The molecule has 1 amide bonds. The molecule has 0 aliphatic heterocycles. The van der Waals surface area contributed by atoms with E-state index in [-0.39, 0.29) is 16.4 Å². The predicted molar refractivity (Wildman–Crippen MR) is 111 cm³/mol. The minimum atomic E-state index is -0.907. The topological polar surface area (TPSA) is 94.8 Å². The molecule has 0 fully saturated rings. The number of ether oxygens (including phenoxy) is 2. The van der Waals surface area contributed by atoms with E-state index in [4.69, 9.17) is 25.5 Å². The Bertz CT molecular complexity index is 960. The SMILES string of the molecule is CCC[C@@H](NC(=O)OC(C)(C)C)C(=O)Oc1cc2oc(=O)cc(CC)c2cc1Cl. The number of amides is 1. The molecule has 1 aromatic heterocycles. The van der Waals surface area contributed by atoms with Gasteiger partial charge in [0.25, 0.3) is 0 Å². The van der Waals surface area contributed by atoms with Crippen LogP contribution in [0.3, 0.4) is 0 Å². The first kappa shape index (κ1) is 22.7. The second kappa shape index (κ2) is 9.31. The third-order valence-corrected chi connectivity index (χ3v) is 4.32. The molecule has 0 unspecified atom stereocenters. The molecule has 1 atom stereocenters. The molecule has 0 saturated heterocycles. The fourth-order valence-corrected chi connectivity index (χ4v) is 2.97. The summed E-state index contributed by atoms with van der Waals surface area (Å²) in [6.45, 7) is 8.97. The molecule has 1 N–H and O–H groups in total. The molecule has 2 rings (SSSR count). The van der Waals surface area contributed by atoms with E-state index in [0.29, 0.717) is 24.6 Å². The second-order valence-electron chi connectivity index (χ2n) is 7.63. The van der Waals surface area contributed by atoms with Gasteiger partial charge in [0.2, 0.25) is 0 Å². The first-order valence-corrected chi connectivity index (χ1v) is 9.89. The number of nitrogens with one attached hydrogen (secondary N) is 1. The normalized spacial score (nSPS) is 12.5. The number of carbonyl (C=O) groups is 2.